The molecular formula is C14H15F3N2O4. The van der Waals surface area contributed by atoms with E-state index in [9.17, 15) is 22.8 Å². The second-order valence-corrected chi connectivity index (χ2v) is 5.89. The van der Waals surface area contributed by atoms with Gasteiger partial charge in [-0.2, -0.15) is 18.3 Å². The number of carboxylic acid groups (broad SMARTS) is 1. The van der Waals surface area contributed by atoms with E-state index in [-0.39, 0.29) is 30.3 Å². The smallest absolute Gasteiger partial charge is 0.433 e. The van der Waals surface area contributed by atoms with E-state index in [0.29, 0.717) is 12.8 Å². The highest BCUT2D eigenvalue weighted by Gasteiger charge is 2.61. The third-order valence-electron chi connectivity index (χ3n) is 4.62. The van der Waals surface area contributed by atoms with Crippen molar-refractivity contribution in [3.63, 3.8) is 0 Å². The molecule has 2 saturated carbocycles. The van der Waals surface area contributed by atoms with Gasteiger partial charge in [0.2, 0.25) is 0 Å². The molecule has 23 heavy (non-hydrogen) atoms. The van der Waals surface area contributed by atoms with Gasteiger partial charge in [0.1, 0.15) is 5.56 Å². The van der Waals surface area contributed by atoms with Crippen LogP contribution < -0.4 is 0 Å². The maximum atomic E-state index is 13.2. The maximum Gasteiger partial charge on any atom is 0.433 e. The van der Waals surface area contributed by atoms with Gasteiger partial charge in [-0.25, -0.2) is 4.79 Å². The number of alkyl halides is 3. The van der Waals surface area contributed by atoms with Crippen LogP contribution in [0, 0.1) is 17.8 Å². The van der Waals surface area contributed by atoms with Crippen molar-refractivity contribution in [1.82, 2.24) is 9.78 Å². The summed E-state index contributed by atoms with van der Waals surface area (Å²) in [4.78, 5) is 22.6. The quantitative estimate of drug-likeness (QED) is 0.856. The van der Waals surface area contributed by atoms with E-state index < -0.39 is 29.4 Å². The Hall–Kier alpha value is -2.06. The number of nitrogens with zero attached hydrogens (tertiary/aromatic N) is 2. The van der Waals surface area contributed by atoms with Gasteiger partial charge in [0.05, 0.1) is 24.8 Å². The SMILES string of the molecule is CCOC(=O)[C@H]1[C@@H]2C[C@H](n3ncc(C(=O)O)c3C(F)(F)F)C[C@@H]21. The first kappa shape index (κ1) is 15.8. The third-order valence-corrected chi connectivity index (χ3v) is 4.62. The predicted octanol–water partition coefficient (Wildman–Crippen LogP) is 2.36. The zero-order valence-electron chi connectivity index (χ0n) is 12.2. The Bertz CT molecular complexity index is 643. The Morgan fingerprint density at radius 1 is 1.39 bits per heavy atom. The molecule has 0 unspecified atom stereocenters. The average molecular weight is 332 g/mol. The summed E-state index contributed by atoms with van der Waals surface area (Å²) in [6, 6.07) is -0.541. The van der Waals surface area contributed by atoms with Crippen molar-refractivity contribution in [2.24, 2.45) is 17.8 Å². The van der Waals surface area contributed by atoms with Crippen LogP contribution in [-0.4, -0.2) is 33.4 Å². The number of fused-ring (bicyclic) bond motifs is 1. The summed E-state index contributed by atoms with van der Waals surface area (Å²) in [6.07, 6.45) is -3.31. The lowest BCUT2D eigenvalue weighted by Gasteiger charge is -2.19. The zero-order chi connectivity index (χ0) is 16.9. The van der Waals surface area contributed by atoms with Crippen LogP contribution in [0.2, 0.25) is 0 Å². The first-order valence-electron chi connectivity index (χ1n) is 7.30. The fourth-order valence-corrected chi connectivity index (χ4v) is 3.68. The average Bonchev–Trinajstić information content (AvgIpc) is 2.85. The molecular weight excluding hydrogens is 317 g/mol. The molecule has 0 radical (unpaired) electrons. The molecule has 3 rings (SSSR count). The van der Waals surface area contributed by atoms with Crippen LogP contribution in [0.4, 0.5) is 13.2 Å². The highest BCUT2D eigenvalue weighted by atomic mass is 19.4. The first-order valence-corrected chi connectivity index (χ1v) is 7.30. The number of hydrogen-bond donors (Lipinski definition) is 1. The summed E-state index contributed by atoms with van der Waals surface area (Å²) in [5, 5.41) is 12.6. The number of ether oxygens (including phenoxy) is 1. The minimum atomic E-state index is -4.79. The highest BCUT2D eigenvalue weighted by molar-refractivity contribution is 5.88. The number of halogens is 3. The number of hydrogen-bond acceptors (Lipinski definition) is 4. The summed E-state index contributed by atoms with van der Waals surface area (Å²) in [5.41, 5.74) is -2.08. The summed E-state index contributed by atoms with van der Waals surface area (Å²) in [7, 11) is 0. The first-order chi connectivity index (χ1) is 10.8. The molecule has 9 heteroatoms. The van der Waals surface area contributed by atoms with Gasteiger partial charge >= 0.3 is 18.1 Å². The second kappa shape index (κ2) is 5.24. The number of carbonyl (C=O) groups is 2. The van der Waals surface area contributed by atoms with Gasteiger partial charge in [0, 0.05) is 0 Å². The van der Waals surface area contributed by atoms with Crippen molar-refractivity contribution in [3.8, 4) is 0 Å². The molecule has 126 valence electrons. The Morgan fingerprint density at radius 3 is 2.48 bits per heavy atom. The summed E-state index contributed by atoms with van der Waals surface area (Å²) >= 11 is 0. The lowest BCUT2D eigenvalue weighted by atomic mass is 10.1. The molecule has 1 aromatic rings. The maximum absolute atomic E-state index is 13.2. The molecule has 0 aliphatic heterocycles. The molecule has 0 aromatic carbocycles. The van der Waals surface area contributed by atoms with E-state index in [2.05, 4.69) is 5.10 Å². The van der Waals surface area contributed by atoms with Gasteiger partial charge in [-0.05, 0) is 31.6 Å². The molecule has 1 aromatic heterocycles. The molecule has 0 amide bonds. The highest BCUT2D eigenvalue weighted by Crippen LogP contribution is 2.61. The van der Waals surface area contributed by atoms with Gasteiger partial charge in [0.15, 0.2) is 5.69 Å². The number of rotatable bonds is 4. The Balaban J connectivity index is 1.79. The zero-order valence-corrected chi connectivity index (χ0v) is 12.2. The summed E-state index contributed by atoms with van der Waals surface area (Å²) in [5.74, 6) is -2.20. The molecule has 1 N–H and O–H groups in total. The van der Waals surface area contributed by atoms with Gasteiger partial charge in [-0.3, -0.25) is 9.48 Å². The molecule has 6 nitrogen and oxygen atoms in total. The minimum Gasteiger partial charge on any atom is -0.478 e. The van der Waals surface area contributed by atoms with Crippen LogP contribution in [0.15, 0.2) is 6.20 Å². The molecule has 0 bridgehead atoms. The largest absolute Gasteiger partial charge is 0.478 e. The van der Waals surface area contributed by atoms with Crippen molar-refractivity contribution in [3.05, 3.63) is 17.5 Å². The van der Waals surface area contributed by atoms with Gasteiger partial charge in [-0.1, -0.05) is 0 Å². The molecule has 0 spiro atoms. The number of aromatic carboxylic acids is 1. The predicted molar refractivity (Wildman–Crippen MR) is 69.6 cm³/mol. The minimum absolute atomic E-state index is 0.00221. The van der Waals surface area contributed by atoms with Gasteiger partial charge < -0.3 is 9.84 Å². The molecule has 0 saturated heterocycles. The van der Waals surface area contributed by atoms with E-state index in [1.165, 1.54) is 0 Å². The Labute approximate surface area is 129 Å². The van der Waals surface area contributed by atoms with Crippen molar-refractivity contribution < 1.29 is 32.6 Å². The van der Waals surface area contributed by atoms with Crippen LogP contribution in [0.5, 0.6) is 0 Å². The van der Waals surface area contributed by atoms with Crippen molar-refractivity contribution in [2.75, 3.05) is 6.61 Å². The van der Waals surface area contributed by atoms with Crippen LogP contribution >= 0.6 is 0 Å². The lowest BCUT2D eigenvalue weighted by Crippen LogP contribution is -2.22. The van der Waals surface area contributed by atoms with E-state index in [4.69, 9.17) is 9.84 Å². The third kappa shape index (κ3) is 2.57. The fraction of sp³-hybridized carbons (Fsp3) is 0.643. The van der Waals surface area contributed by atoms with Crippen LogP contribution in [0.1, 0.15) is 41.9 Å². The van der Waals surface area contributed by atoms with Crippen LogP contribution in [-0.2, 0) is 15.7 Å². The normalized spacial score (nSPS) is 29.2. The summed E-state index contributed by atoms with van der Waals surface area (Å²) < 4.78 is 45.2. The van der Waals surface area contributed by atoms with E-state index >= 15 is 0 Å². The molecule has 2 aliphatic carbocycles. The van der Waals surface area contributed by atoms with Crippen molar-refractivity contribution in [2.45, 2.75) is 32.0 Å². The topological polar surface area (TPSA) is 81.4 Å². The number of esters is 1. The van der Waals surface area contributed by atoms with Crippen LogP contribution in [0.3, 0.4) is 0 Å². The molecule has 4 atom stereocenters. The van der Waals surface area contributed by atoms with Gasteiger partial charge in [-0.15, -0.1) is 0 Å². The van der Waals surface area contributed by atoms with Crippen molar-refractivity contribution in [1.29, 1.82) is 0 Å². The Kier molecular flexibility index (Phi) is 3.61. The van der Waals surface area contributed by atoms with Crippen LogP contribution in [0.25, 0.3) is 0 Å². The molecule has 2 aliphatic rings. The van der Waals surface area contributed by atoms with E-state index in [0.717, 1.165) is 10.9 Å². The Morgan fingerprint density at radius 2 is 2.00 bits per heavy atom. The number of carbonyl (C=O) groups excluding carboxylic acids is 1. The summed E-state index contributed by atoms with van der Waals surface area (Å²) in [6.45, 7) is 1.98. The number of aromatic nitrogens is 2. The molecule has 1 heterocycles. The fourth-order valence-electron chi connectivity index (χ4n) is 3.68. The standard InChI is InChI=1S/C14H15F3N2O4/c1-2-23-13(22)10-7-3-6(4-8(7)10)19-11(14(15,16)17)9(5-18-19)12(20)21/h5-8,10H,2-4H2,1H3,(H,20,21)/t6-,7+,8-,10-. The molecule has 2 fully saturated rings. The second-order valence-electron chi connectivity index (χ2n) is 5.89. The monoisotopic (exact) mass is 332 g/mol. The lowest BCUT2D eigenvalue weighted by molar-refractivity contribution is -0.147. The van der Waals surface area contributed by atoms with Gasteiger partial charge in [0.25, 0.3) is 0 Å². The van der Waals surface area contributed by atoms with E-state index in [1.54, 1.807) is 6.92 Å². The van der Waals surface area contributed by atoms with Crippen molar-refractivity contribution >= 4 is 11.9 Å². The number of carboxylic acids is 1. The van der Waals surface area contributed by atoms with E-state index in [1.807, 2.05) is 0 Å².